The van der Waals surface area contributed by atoms with Crippen LogP contribution in [0.25, 0.3) is 0 Å². The highest BCUT2D eigenvalue weighted by Crippen LogP contribution is 2.18. The van der Waals surface area contributed by atoms with Gasteiger partial charge in [0.1, 0.15) is 10.7 Å². The predicted octanol–water partition coefficient (Wildman–Crippen LogP) is 2.37. The first-order valence-electron chi connectivity index (χ1n) is 5.09. The van der Waals surface area contributed by atoms with E-state index >= 15 is 0 Å². The number of halogens is 2. The highest BCUT2D eigenvalue weighted by molar-refractivity contribution is 7.89. The molecule has 0 aliphatic heterocycles. The standard InChI is InChI=1S/C11H15ClFNO2S/c1-11(2,7-12)8-14-17(15,16)10-6-4-3-5-9(10)13/h3-6,14H,7-8H2,1-2H3. The van der Waals surface area contributed by atoms with Gasteiger partial charge in [-0.2, -0.15) is 0 Å². The maximum absolute atomic E-state index is 13.3. The molecule has 1 aromatic rings. The van der Waals surface area contributed by atoms with Gasteiger partial charge in [0.2, 0.25) is 10.0 Å². The second-order valence-corrected chi connectivity index (χ2v) is 6.56. The van der Waals surface area contributed by atoms with Crippen molar-refractivity contribution >= 4 is 21.6 Å². The van der Waals surface area contributed by atoms with Gasteiger partial charge in [0.05, 0.1) is 0 Å². The second-order valence-electron chi connectivity index (χ2n) is 4.55. The summed E-state index contributed by atoms with van der Waals surface area (Å²) >= 11 is 5.69. The summed E-state index contributed by atoms with van der Waals surface area (Å²) in [7, 11) is -3.82. The first kappa shape index (κ1) is 14.4. The van der Waals surface area contributed by atoms with Crippen molar-refractivity contribution in [3.8, 4) is 0 Å². The summed E-state index contributed by atoms with van der Waals surface area (Å²) in [5, 5.41) is 0. The minimum Gasteiger partial charge on any atom is -0.210 e. The molecular weight excluding hydrogens is 265 g/mol. The molecule has 1 N–H and O–H groups in total. The van der Waals surface area contributed by atoms with E-state index in [4.69, 9.17) is 11.6 Å². The van der Waals surface area contributed by atoms with E-state index in [2.05, 4.69) is 4.72 Å². The van der Waals surface area contributed by atoms with Crippen molar-refractivity contribution in [2.75, 3.05) is 12.4 Å². The summed E-state index contributed by atoms with van der Waals surface area (Å²) in [5.41, 5.74) is -0.375. The summed E-state index contributed by atoms with van der Waals surface area (Å²) in [4.78, 5) is -0.342. The largest absolute Gasteiger partial charge is 0.243 e. The molecule has 0 unspecified atom stereocenters. The molecule has 0 bridgehead atoms. The van der Waals surface area contributed by atoms with Gasteiger partial charge in [-0.25, -0.2) is 17.5 Å². The molecule has 0 aliphatic rings. The van der Waals surface area contributed by atoms with Gasteiger partial charge in [-0.05, 0) is 17.5 Å². The molecule has 96 valence electrons. The van der Waals surface area contributed by atoms with Crippen molar-refractivity contribution in [3.05, 3.63) is 30.1 Å². The molecule has 0 radical (unpaired) electrons. The van der Waals surface area contributed by atoms with Gasteiger partial charge in [-0.3, -0.25) is 0 Å². The lowest BCUT2D eigenvalue weighted by atomic mass is 9.97. The van der Waals surface area contributed by atoms with E-state index in [0.29, 0.717) is 5.88 Å². The zero-order chi connectivity index (χ0) is 13.1. The van der Waals surface area contributed by atoms with E-state index < -0.39 is 15.8 Å². The Morgan fingerprint density at radius 3 is 2.47 bits per heavy atom. The number of sulfonamides is 1. The van der Waals surface area contributed by atoms with Gasteiger partial charge in [0, 0.05) is 12.4 Å². The number of hydrogen-bond acceptors (Lipinski definition) is 2. The lowest BCUT2D eigenvalue weighted by molar-refractivity contribution is 0.413. The predicted molar refractivity (Wildman–Crippen MR) is 66.1 cm³/mol. The summed E-state index contributed by atoms with van der Waals surface area (Å²) in [5.74, 6) is -0.448. The van der Waals surface area contributed by atoms with E-state index in [1.54, 1.807) is 0 Å². The van der Waals surface area contributed by atoms with Crippen LogP contribution in [0.1, 0.15) is 13.8 Å². The minimum atomic E-state index is -3.82. The Kier molecular flexibility index (Phi) is 4.52. The van der Waals surface area contributed by atoms with Crippen molar-refractivity contribution in [3.63, 3.8) is 0 Å². The van der Waals surface area contributed by atoms with Crippen LogP contribution < -0.4 is 4.72 Å². The summed E-state index contributed by atoms with van der Waals surface area (Å²) in [6, 6.07) is 5.26. The summed E-state index contributed by atoms with van der Waals surface area (Å²) < 4.78 is 39.3. The highest BCUT2D eigenvalue weighted by Gasteiger charge is 2.23. The number of alkyl halides is 1. The Bertz CT molecular complexity index is 488. The zero-order valence-corrected chi connectivity index (χ0v) is 11.3. The molecular formula is C11H15ClFNO2S. The Hall–Kier alpha value is -0.650. The van der Waals surface area contributed by atoms with Gasteiger partial charge >= 0.3 is 0 Å². The normalized spacial score (nSPS) is 12.7. The van der Waals surface area contributed by atoms with E-state index in [1.165, 1.54) is 18.2 Å². The van der Waals surface area contributed by atoms with Crippen LogP contribution in [0.5, 0.6) is 0 Å². The van der Waals surface area contributed by atoms with Crippen molar-refractivity contribution in [2.45, 2.75) is 18.7 Å². The van der Waals surface area contributed by atoms with Crippen LogP contribution in [0.15, 0.2) is 29.2 Å². The van der Waals surface area contributed by atoms with Gasteiger partial charge < -0.3 is 0 Å². The minimum absolute atomic E-state index is 0.160. The van der Waals surface area contributed by atoms with Crippen LogP contribution >= 0.6 is 11.6 Å². The van der Waals surface area contributed by atoms with Crippen LogP contribution in [0, 0.1) is 11.2 Å². The van der Waals surface area contributed by atoms with E-state index in [-0.39, 0.29) is 16.9 Å². The van der Waals surface area contributed by atoms with Crippen LogP contribution in [-0.4, -0.2) is 20.8 Å². The lowest BCUT2D eigenvalue weighted by Gasteiger charge is -2.21. The third-order valence-electron chi connectivity index (χ3n) is 2.23. The van der Waals surface area contributed by atoms with Crippen molar-refractivity contribution in [1.29, 1.82) is 0 Å². The Labute approximate surface area is 106 Å². The third-order valence-corrected chi connectivity index (χ3v) is 4.39. The fourth-order valence-corrected chi connectivity index (χ4v) is 2.49. The second kappa shape index (κ2) is 5.33. The fraction of sp³-hybridized carbons (Fsp3) is 0.455. The quantitative estimate of drug-likeness (QED) is 0.841. The van der Waals surface area contributed by atoms with Crippen LogP contribution in [0.4, 0.5) is 4.39 Å². The van der Waals surface area contributed by atoms with Crippen LogP contribution in [-0.2, 0) is 10.0 Å². The van der Waals surface area contributed by atoms with Crippen molar-refractivity contribution in [2.24, 2.45) is 5.41 Å². The molecule has 0 saturated carbocycles. The molecule has 1 aromatic carbocycles. The van der Waals surface area contributed by atoms with Gasteiger partial charge in [-0.15, -0.1) is 11.6 Å². The molecule has 0 atom stereocenters. The molecule has 0 aliphatic carbocycles. The molecule has 17 heavy (non-hydrogen) atoms. The molecule has 3 nitrogen and oxygen atoms in total. The Morgan fingerprint density at radius 1 is 1.35 bits per heavy atom. The first-order chi connectivity index (χ1) is 7.78. The van der Waals surface area contributed by atoms with E-state index in [1.807, 2.05) is 13.8 Å². The smallest absolute Gasteiger partial charge is 0.210 e. The average molecular weight is 280 g/mol. The third kappa shape index (κ3) is 3.94. The number of nitrogens with one attached hydrogen (secondary N) is 1. The molecule has 0 aromatic heterocycles. The van der Waals surface area contributed by atoms with Gasteiger partial charge in [0.15, 0.2) is 0 Å². The summed E-state index contributed by atoms with van der Waals surface area (Å²) in [6.07, 6.45) is 0. The van der Waals surface area contributed by atoms with Crippen molar-refractivity contribution in [1.82, 2.24) is 4.72 Å². The topological polar surface area (TPSA) is 46.2 Å². The Morgan fingerprint density at radius 2 is 1.94 bits per heavy atom. The SMILES string of the molecule is CC(C)(CCl)CNS(=O)(=O)c1ccccc1F. The number of benzene rings is 1. The maximum atomic E-state index is 13.3. The highest BCUT2D eigenvalue weighted by atomic mass is 35.5. The maximum Gasteiger partial charge on any atom is 0.243 e. The van der Waals surface area contributed by atoms with E-state index in [0.717, 1.165) is 6.07 Å². The molecule has 0 spiro atoms. The van der Waals surface area contributed by atoms with E-state index in [9.17, 15) is 12.8 Å². The van der Waals surface area contributed by atoms with Gasteiger partial charge in [-0.1, -0.05) is 26.0 Å². The fourth-order valence-electron chi connectivity index (χ4n) is 1.08. The molecule has 0 saturated heterocycles. The van der Waals surface area contributed by atoms with Gasteiger partial charge in [0.25, 0.3) is 0 Å². The first-order valence-corrected chi connectivity index (χ1v) is 7.10. The molecule has 0 fully saturated rings. The van der Waals surface area contributed by atoms with Crippen LogP contribution in [0.2, 0.25) is 0 Å². The Balaban J connectivity index is 2.88. The molecule has 6 heteroatoms. The average Bonchev–Trinajstić information content (AvgIpc) is 2.27. The lowest BCUT2D eigenvalue weighted by Crippen LogP contribution is -2.35. The summed E-state index contributed by atoms with van der Waals surface area (Å²) in [6.45, 7) is 3.81. The monoisotopic (exact) mass is 279 g/mol. The zero-order valence-electron chi connectivity index (χ0n) is 9.70. The molecule has 0 heterocycles. The molecule has 0 amide bonds. The number of rotatable bonds is 5. The number of hydrogen-bond donors (Lipinski definition) is 1. The molecule has 1 rings (SSSR count). The van der Waals surface area contributed by atoms with Crippen molar-refractivity contribution < 1.29 is 12.8 Å². The van der Waals surface area contributed by atoms with Crippen LogP contribution in [0.3, 0.4) is 0 Å².